The summed E-state index contributed by atoms with van der Waals surface area (Å²) in [6.07, 6.45) is 0.978. The van der Waals surface area contributed by atoms with E-state index in [-0.39, 0.29) is 6.09 Å². The minimum absolute atomic E-state index is 0.325. The quantitative estimate of drug-likeness (QED) is 0.735. The van der Waals surface area contributed by atoms with Crippen LogP contribution in [0.25, 0.3) is 0 Å². The Bertz CT molecular complexity index is 229. The first-order chi connectivity index (χ1) is 6.61. The van der Waals surface area contributed by atoms with Gasteiger partial charge in [-0.05, 0) is 12.8 Å². The number of carbonyl (C=O) groups is 2. The fraction of sp³-hybridized carbons (Fsp3) is 0.778. The maximum absolute atomic E-state index is 11.1. The molecule has 1 rings (SSSR count). The van der Waals surface area contributed by atoms with E-state index in [0.717, 1.165) is 6.42 Å². The van der Waals surface area contributed by atoms with Crippen molar-refractivity contribution in [2.75, 3.05) is 19.7 Å². The van der Waals surface area contributed by atoms with Crippen LogP contribution in [0.1, 0.15) is 19.8 Å². The van der Waals surface area contributed by atoms with Crippen LogP contribution in [0.2, 0.25) is 0 Å². The molecule has 0 aromatic heterocycles. The first-order valence-corrected chi connectivity index (χ1v) is 4.75. The van der Waals surface area contributed by atoms with E-state index in [1.807, 2.05) is 0 Å². The molecule has 1 atom stereocenters. The van der Waals surface area contributed by atoms with E-state index in [0.29, 0.717) is 26.1 Å². The van der Waals surface area contributed by atoms with Crippen LogP contribution in [-0.2, 0) is 9.53 Å². The molecule has 5 nitrogen and oxygen atoms in total. The maximum Gasteiger partial charge on any atom is 0.409 e. The molecule has 0 radical (unpaired) electrons. The van der Waals surface area contributed by atoms with Gasteiger partial charge >= 0.3 is 12.1 Å². The van der Waals surface area contributed by atoms with Gasteiger partial charge in [-0.1, -0.05) is 6.92 Å². The summed E-state index contributed by atoms with van der Waals surface area (Å²) in [4.78, 5) is 23.2. The Labute approximate surface area is 82.6 Å². The molecule has 14 heavy (non-hydrogen) atoms. The summed E-state index contributed by atoms with van der Waals surface area (Å²) in [5.41, 5.74) is 0. The summed E-state index contributed by atoms with van der Waals surface area (Å²) >= 11 is 0. The second-order valence-corrected chi connectivity index (χ2v) is 3.48. The molecule has 0 aromatic rings. The van der Waals surface area contributed by atoms with E-state index < -0.39 is 11.9 Å². The molecule has 5 heteroatoms. The molecule has 0 aliphatic carbocycles. The van der Waals surface area contributed by atoms with Crippen molar-refractivity contribution in [2.24, 2.45) is 5.92 Å². The van der Waals surface area contributed by atoms with Gasteiger partial charge < -0.3 is 14.7 Å². The SMILES string of the molecule is CC(CCN1CCCOC1=O)C(=O)O. The third kappa shape index (κ3) is 2.90. The number of carbonyl (C=O) groups excluding carboxylic acids is 1. The first kappa shape index (κ1) is 10.8. The zero-order valence-electron chi connectivity index (χ0n) is 8.23. The molecule has 1 aliphatic rings. The van der Waals surface area contributed by atoms with Crippen molar-refractivity contribution >= 4 is 12.1 Å². The lowest BCUT2D eigenvalue weighted by molar-refractivity contribution is -0.141. The second-order valence-electron chi connectivity index (χ2n) is 3.48. The predicted molar refractivity (Wildman–Crippen MR) is 49.0 cm³/mol. The molecule has 1 fully saturated rings. The van der Waals surface area contributed by atoms with Crippen LogP contribution in [0.5, 0.6) is 0 Å². The number of nitrogens with zero attached hydrogens (tertiary/aromatic N) is 1. The predicted octanol–water partition coefficient (Wildman–Crippen LogP) is 0.940. The van der Waals surface area contributed by atoms with Crippen LogP contribution in [0.4, 0.5) is 4.79 Å². The van der Waals surface area contributed by atoms with Crippen molar-refractivity contribution in [3.8, 4) is 0 Å². The Morgan fingerprint density at radius 3 is 3.00 bits per heavy atom. The molecule has 0 aromatic carbocycles. The number of aliphatic carboxylic acids is 1. The molecule has 1 N–H and O–H groups in total. The molecule has 1 aliphatic heterocycles. The third-order valence-corrected chi connectivity index (χ3v) is 2.31. The smallest absolute Gasteiger partial charge is 0.409 e. The highest BCUT2D eigenvalue weighted by molar-refractivity contribution is 5.70. The molecular formula is C9H15NO4. The molecule has 1 amide bonds. The summed E-state index contributed by atoms with van der Waals surface area (Å²) in [6, 6.07) is 0. The van der Waals surface area contributed by atoms with E-state index in [9.17, 15) is 9.59 Å². The minimum Gasteiger partial charge on any atom is -0.481 e. The van der Waals surface area contributed by atoms with Crippen molar-refractivity contribution in [3.05, 3.63) is 0 Å². The Morgan fingerprint density at radius 2 is 2.43 bits per heavy atom. The molecule has 1 unspecified atom stereocenters. The molecule has 0 spiro atoms. The van der Waals surface area contributed by atoms with Crippen LogP contribution < -0.4 is 0 Å². The number of carboxylic acids is 1. The van der Waals surface area contributed by atoms with Gasteiger partial charge in [0.15, 0.2) is 0 Å². The lowest BCUT2D eigenvalue weighted by Crippen LogP contribution is -2.39. The van der Waals surface area contributed by atoms with E-state index in [4.69, 9.17) is 9.84 Å². The number of cyclic esters (lactones) is 1. The zero-order chi connectivity index (χ0) is 10.6. The fourth-order valence-corrected chi connectivity index (χ4v) is 1.27. The van der Waals surface area contributed by atoms with Crippen LogP contribution in [0.3, 0.4) is 0 Å². The molecular weight excluding hydrogens is 186 g/mol. The van der Waals surface area contributed by atoms with Gasteiger partial charge in [-0.3, -0.25) is 4.79 Å². The van der Waals surface area contributed by atoms with Crippen LogP contribution in [0, 0.1) is 5.92 Å². The molecule has 0 bridgehead atoms. The van der Waals surface area contributed by atoms with Crippen LogP contribution >= 0.6 is 0 Å². The summed E-state index contributed by atoms with van der Waals surface area (Å²) in [5.74, 6) is -1.24. The number of hydrogen-bond donors (Lipinski definition) is 1. The number of rotatable bonds is 4. The normalized spacial score (nSPS) is 18.9. The summed E-state index contributed by atoms with van der Waals surface area (Å²) in [6.45, 7) is 3.25. The average Bonchev–Trinajstić information content (AvgIpc) is 2.16. The minimum atomic E-state index is -0.824. The Kier molecular flexibility index (Phi) is 3.73. The lowest BCUT2D eigenvalue weighted by atomic mass is 10.1. The van der Waals surface area contributed by atoms with Crippen molar-refractivity contribution in [3.63, 3.8) is 0 Å². The highest BCUT2D eigenvalue weighted by Crippen LogP contribution is 2.09. The molecule has 1 saturated heterocycles. The topological polar surface area (TPSA) is 66.8 Å². The van der Waals surface area contributed by atoms with E-state index in [2.05, 4.69) is 0 Å². The van der Waals surface area contributed by atoms with Crippen LogP contribution in [0.15, 0.2) is 0 Å². The van der Waals surface area contributed by atoms with Gasteiger partial charge in [-0.25, -0.2) is 4.79 Å². The standard InChI is InChI=1S/C9H15NO4/c1-7(8(11)12)3-5-10-4-2-6-14-9(10)13/h7H,2-6H2,1H3,(H,11,12). The first-order valence-electron chi connectivity index (χ1n) is 4.75. The van der Waals surface area contributed by atoms with Crippen molar-refractivity contribution < 1.29 is 19.4 Å². The Morgan fingerprint density at radius 1 is 1.71 bits per heavy atom. The van der Waals surface area contributed by atoms with Crippen molar-refractivity contribution in [1.29, 1.82) is 0 Å². The monoisotopic (exact) mass is 201 g/mol. The molecule has 80 valence electrons. The van der Waals surface area contributed by atoms with Gasteiger partial charge in [0.05, 0.1) is 12.5 Å². The number of hydrogen-bond acceptors (Lipinski definition) is 3. The van der Waals surface area contributed by atoms with Gasteiger partial charge in [-0.15, -0.1) is 0 Å². The van der Waals surface area contributed by atoms with E-state index in [1.54, 1.807) is 11.8 Å². The van der Waals surface area contributed by atoms with Gasteiger partial charge in [0, 0.05) is 13.1 Å². The van der Waals surface area contributed by atoms with Crippen LogP contribution in [-0.4, -0.2) is 41.8 Å². The fourth-order valence-electron chi connectivity index (χ4n) is 1.27. The lowest BCUT2D eigenvalue weighted by Gasteiger charge is -2.26. The third-order valence-electron chi connectivity index (χ3n) is 2.31. The Hall–Kier alpha value is -1.26. The van der Waals surface area contributed by atoms with Crippen molar-refractivity contribution in [1.82, 2.24) is 4.90 Å². The Balaban J connectivity index is 2.29. The van der Waals surface area contributed by atoms with Gasteiger partial charge in [0.25, 0.3) is 0 Å². The van der Waals surface area contributed by atoms with Gasteiger partial charge in [-0.2, -0.15) is 0 Å². The summed E-state index contributed by atoms with van der Waals surface area (Å²) in [5, 5.41) is 8.64. The largest absolute Gasteiger partial charge is 0.481 e. The molecule has 0 saturated carbocycles. The number of carboxylic acid groups (broad SMARTS) is 1. The van der Waals surface area contributed by atoms with Crippen molar-refractivity contribution in [2.45, 2.75) is 19.8 Å². The highest BCUT2D eigenvalue weighted by atomic mass is 16.6. The average molecular weight is 201 g/mol. The zero-order valence-corrected chi connectivity index (χ0v) is 8.23. The highest BCUT2D eigenvalue weighted by Gasteiger charge is 2.21. The van der Waals surface area contributed by atoms with E-state index in [1.165, 1.54) is 0 Å². The maximum atomic E-state index is 11.1. The molecule has 1 heterocycles. The summed E-state index contributed by atoms with van der Waals surface area (Å²) < 4.78 is 4.82. The number of ether oxygens (including phenoxy) is 1. The van der Waals surface area contributed by atoms with Gasteiger partial charge in [0.2, 0.25) is 0 Å². The summed E-state index contributed by atoms with van der Waals surface area (Å²) in [7, 11) is 0. The number of amides is 1. The second kappa shape index (κ2) is 4.83. The van der Waals surface area contributed by atoms with E-state index >= 15 is 0 Å². The van der Waals surface area contributed by atoms with Gasteiger partial charge in [0.1, 0.15) is 0 Å².